The van der Waals surface area contributed by atoms with Crippen LogP contribution in [-0.4, -0.2) is 33.6 Å². The molecule has 0 aliphatic heterocycles. The summed E-state index contributed by atoms with van der Waals surface area (Å²) >= 11 is 0. The van der Waals surface area contributed by atoms with Crippen molar-refractivity contribution in [3.05, 3.63) is 36.2 Å². The second kappa shape index (κ2) is 5.55. The minimum Gasteiger partial charge on any atom is -0.393 e. The quantitative estimate of drug-likeness (QED) is 0.846. The van der Waals surface area contributed by atoms with Crippen molar-refractivity contribution < 1.29 is 9.90 Å². The van der Waals surface area contributed by atoms with Crippen molar-refractivity contribution in [2.75, 3.05) is 6.54 Å². The Bertz CT molecular complexity index is 555. The fraction of sp³-hybridized carbons (Fsp3) is 0.308. The number of nitrogens with zero attached hydrogens (tertiary/aromatic N) is 2. The van der Waals surface area contributed by atoms with Gasteiger partial charge in [-0.1, -0.05) is 0 Å². The van der Waals surface area contributed by atoms with Crippen LogP contribution in [0.15, 0.2) is 30.6 Å². The van der Waals surface area contributed by atoms with E-state index in [1.807, 2.05) is 0 Å². The van der Waals surface area contributed by atoms with Gasteiger partial charge in [0.05, 0.1) is 17.1 Å². The number of nitrogens with one attached hydrogen (secondary N) is 1. The second-order valence-electron chi connectivity index (χ2n) is 4.15. The molecule has 94 valence electrons. The summed E-state index contributed by atoms with van der Waals surface area (Å²) in [7, 11) is 0. The fourth-order valence-electron chi connectivity index (χ4n) is 1.60. The van der Waals surface area contributed by atoms with Crippen LogP contribution in [0, 0.1) is 0 Å². The molecule has 0 saturated carbocycles. The van der Waals surface area contributed by atoms with Gasteiger partial charge in [0.2, 0.25) is 0 Å². The molecule has 1 unspecified atom stereocenters. The van der Waals surface area contributed by atoms with Crippen LogP contribution >= 0.6 is 0 Å². The molecule has 2 N–H and O–H groups in total. The summed E-state index contributed by atoms with van der Waals surface area (Å²) in [6.45, 7) is 2.15. The van der Waals surface area contributed by atoms with Crippen molar-refractivity contribution in [2.24, 2.45) is 0 Å². The van der Waals surface area contributed by atoms with Crippen molar-refractivity contribution >= 4 is 16.9 Å². The number of hydrogen-bond donors (Lipinski definition) is 2. The zero-order valence-corrected chi connectivity index (χ0v) is 10.1. The first-order valence-electron chi connectivity index (χ1n) is 5.84. The van der Waals surface area contributed by atoms with Crippen LogP contribution in [0.1, 0.15) is 23.7 Å². The molecule has 1 aromatic heterocycles. The summed E-state index contributed by atoms with van der Waals surface area (Å²) in [4.78, 5) is 20.1. The van der Waals surface area contributed by atoms with E-state index in [0.717, 1.165) is 5.52 Å². The zero-order chi connectivity index (χ0) is 13.0. The molecule has 5 nitrogen and oxygen atoms in total. The molecule has 1 amide bonds. The maximum absolute atomic E-state index is 11.8. The number of amides is 1. The topological polar surface area (TPSA) is 75.1 Å². The van der Waals surface area contributed by atoms with Gasteiger partial charge in [-0.3, -0.25) is 14.8 Å². The van der Waals surface area contributed by atoms with E-state index in [1.165, 1.54) is 0 Å². The number of carbonyl (C=O) groups excluding carboxylic acids is 1. The Labute approximate surface area is 105 Å². The van der Waals surface area contributed by atoms with E-state index in [1.54, 1.807) is 37.5 Å². The molecule has 5 heteroatoms. The van der Waals surface area contributed by atoms with Gasteiger partial charge < -0.3 is 10.4 Å². The number of aliphatic hydroxyl groups excluding tert-OH is 1. The van der Waals surface area contributed by atoms with Crippen LogP contribution in [0.2, 0.25) is 0 Å². The molecule has 2 aromatic rings. The Morgan fingerprint density at radius 3 is 2.78 bits per heavy atom. The van der Waals surface area contributed by atoms with E-state index < -0.39 is 6.10 Å². The summed E-state index contributed by atoms with van der Waals surface area (Å²) < 4.78 is 0. The third-order valence-corrected chi connectivity index (χ3v) is 2.58. The highest BCUT2D eigenvalue weighted by molar-refractivity contribution is 5.97. The lowest BCUT2D eigenvalue weighted by Crippen LogP contribution is -2.26. The maximum Gasteiger partial charge on any atom is 0.251 e. The predicted octanol–water partition coefficient (Wildman–Crippen LogP) is 1.13. The van der Waals surface area contributed by atoms with Crippen molar-refractivity contribution in [3.8, 4) is 0 Å². The van der Waals surface area contributed by atoms with Crippen molar-refractivity contribution in [2.45, 2.75) is 19.4 Å². The number of carbonyl (C=O) groups is 1. The van der Waals surface area contributed by atoms with Crippen molar-refractivity contribution in [1.29, 1.82) is 0 Å². The third kappa shape index (κ3) is 3.01. The van der Waals surface area contributed by atoms with E-state index >= 15 is 0 Å². The Kier molecular flexibility index (Phi) is 3.84. The van der Waals surface area contributed by atoms with E-state index in [-0.39, 0.29) is 5.91 Å². The molecular weight excluding hydrogens is 230 g/mol. The zero-order valence-electron chi connectivity index (χ0n) is 10.1. The fourth-order valence-corrected chi connectivity index (χ4v) is 1.60. The first kappa shape index (κ1) is 12.4. The Morgan fingerprint density at radius 1 is 1.33 bits per heavy atom. The number of aliphatic hydroxyl groups is 1. The maximum atomic E-state index is 11.8. The predicted molar refractivity (Wildman–Crippen MR) is 68.2 cm³/mol. The molecule has 0 radical (unpaired) electrons. The third-order valence-electron chi connectivity index (χ3n) is 2.58. The van der Waals surface area contributed by atoms with E-state index in [0.29, 0.717) is 24.0 Å². The molecule has 1 atom stereocenters. The minimum absolute atomic E-state index is 0.164. The summed E-state index contributed by atoms with van der Waals surface area (Å²) in [5, 5.41) is 11.9. The number of benzene rings is 1. The van der Waals surface area contributed by atoms with Crippen LogP contribution < -0.4 is 5.32 Å². The molecule has 0 aliphatic rings. The van der Waals surface area contributed by atoms with Crippen molar-refractivity contribution in [3.63, 3.8) is 0 Å². The van der Waals surface area contributed by atoms with Crippen LogP contribution in [0.3, 0.4) is 0 Å². The van der Waals surface area contributed by atoms with Crippen LogP contribution in [0.4, 0.5) is 0 Å². The van der Waals surface area contributed by atoms with E-state index in [2.05, 4.69) is 15.3 Å². The van der Waals surface area contributed by atoms with Gasteiger partial charge in [-0.2, -0.15) is 0 Å². The Balaban J connectivity index is 2.08. The van der Waals surface area contributed by atoms with Gasteiger partial charge in [-0.15, -0.1) is 0 Å². The summed E-state index contributed by atoms with van der Waals surface area (Å²) in [6.07, 6.45) is 3.34. The highest BCUT2D eigenvalue weighted by atomic mass is 16.3. The smallest absolute Gasteiger partial charge is 0.251 e. The molecule has 0 bridgehead atoms. The number of hydrogen-bond acceptors (Lipinski definition) is 4. The van der Waals surface area contributed by atoms with Crippen LogP contribution in [0.5, 0.6) is 0 Å². The standard InChI is InChI=1S/C13H15N3O2/c1-9(17)4-5-16-13(18)10-2-3-11-12(8-10)15-7-6-14-11/h2-3,6-9,17H,4-5H2,1H3,(H,16,18). The lowest BCUT2D eigenvalue weighted by molar-refractivity contribution is 0.0945. The molecule has 18 heavy (non-hydrogen) atoms. The molecule has 0 spiro atoms. The monoisotopic (exact) mass is 245 g/mol. The highest BCUT2D eigenvalue weighted by Crippen LogP contribution is 2.10. The molecule has 2 rings (SSSR count). The molecule has 0 aliphatic carbocycles. The summed E-state index contributed by atoms with van der Waals surface area (Å²) in [6, 6.07) is 5.20. The largest absolute Gasteiger partial charge is 0.393 e. The number of aromatic nitrogens is 2. The summed E-state index contributed by atoms with van der Waals surface area (Å²) in [5.74, 6) is -0.164. The van der Waals surface area contributed by atoms with Gasteiger partial charge in [-0.25, -0.2) is 0 Å². The first-order valence-corrected chi connectivity index (χ1v) is 5.84. The van der Waals surface area contributed by atoms with Gasteiger partial charge >= 0.3 is 0 Å². The number of rotatable bonds is 4. The van der Waals surface area contributed by atoms with Gasteiger partial charge in [0.15, 0.2) is 0 Å². The SMILES string of the molecule is CC(O)CCNC(=O)c1ccc2nccnc2c1. The number of fused-ring (bicyclic) bond motifs is 1. The molecule has 0 saturated heterocycles. The lowest BCUT2D eigenvalue weighted by atomic mass is 10.1. The van der Waals surface area contributed by atoms with E-state index in [4.69, 9.17) is 5.11 Å². The van der Waals surface area contributed by atoms with Crippen LogP contribution in [-0.2, 0) is 0 Å². The molecule has 0 fully saturated rings. The Hall–Kier alpha value is -2.01. The molecule has 1 heterocycles. The van der Waals surface area contributed by atoms with Crippen LogP contribution in [0.25, 0.3) is 11.0 Å². The first-order chi connectivity index (χ1) is 8.66. The second-order valence-corrected chi connectivity index (χ2v) is 4.15. The average Bonchev–Trinajstić information content (AvgIpc) is 2.37. The molecule has 1 aromatic carbocycles. The Morgan fingerprint density at radius 2 is 2.06 bits per heavy atom. The van der Waals surface area contributed by atoms with Crippen molar-refractivity contribution in [1.82, 2.24) is 15.3 Å². The lowest BCUT2D eigenvalue weighted by Gasteiger charge is -2.07. The van der Waals surface area contributed by atoms with Gasteiger partial charge in [0, 0.05) is 24.5 Å². The van der Waals surface area contributed by atoms with E-state index in [9.17, 15) is 4.79 Å². The average molecular weight is 245 g/mol. The molecular formula is C13H15N3O2. The van der Waals surface area contributed by atoms with Gasteiger partial charge in [0.1, 0.15) is 0 Å². The summed E-state index contributed by atoms with van der Waals surface area (Å²) in [5.41, 5.74) is 2.01. The van der Waals surface area contributed by atoms with Gasteiger partial charge in [-0.05, 0) is 31.5 Å². The highest BCUT2D eigenvalue weighted by Gasteiger charge is 2.07. The van der Waals surface area contributed by atoms with Gasteiger partial charge in [0.25, 0.3) is 5.91 Å². The normalized spacial score (nSPS) is 12.3. The minimum atomic E-state index is -0.409.